The Bertz CT molecular complexity index is 1080. The first kappa shape index (κ1) is 28.8. The number of methoxy groups -OCH3 is 1. The molecule has 1 aromatic carbocycles. The van der Waals surface area contributed by atoms with Crippen LogP contribution in [0, 0.1) is 5.92 Å². The van der Waals surface area contributed by atoms with Crippen molar-refractivity contribution in [1.29, 1.82) is 0 Å². The number of hydrogen-bond donors (Lipinski definition) is 3. The molecule has 0 aliphatic heterocycles. The first-order chi connectivity index (χ1) is 16.8. The van der Waals surface area contributed by atoms with E-state index in [1.165, 1.54) is 12.5 Å². The number of carbonyl (C=O) groups excluding carboxylic acids is 3. The third-order valence-corrected chi connectivity index (χ3v) is 6.24. The highest BCUT2D eigenvalue weighted by molar-refractivity contribution is 7.11. The zero-order valence-electron chi connectivity index (χ0n) is 21.3. The molecule has 196 valence electrons. The number of amides is 2. The van der Waals surface area contributed by atoms with Gasteiger partial charge in [0.25, 0.3) is 0 Å². The van der Waals surface area contributed by atoms with Gasteiger partial charge in [-0.1, -0.05) is 32.4 Å². The van der Waals surface area contributed by atoms with Gasteiger partial charge in [-0.15, -0.1) is 11.3 Å². The van der Waals surface area contributed by atoms with Gasteiger partial charge in [-0.05, 0) is 44.4 Å². The topological polar surface area (TPSA) is 144 Å². The van der Waals surface area contributed by atoms with Crippen molar-refractivity contribution in [1.82, 2.24) is 15.6 Å². The molecule has 0 saturated carbocycles. The van der Waals surface area contributed by atoms with Crippen molar-refractivity contribution in [2.24, 2.45) is 5.92 Å². The number of carboxylic acid groups (broad SMARTS) is 1. The molecule has 3 atom stereocenters. The maximum absolute atomic E-state index is 13.4. The molecule has 10 nitrogen and oxygen atoms in total. The number of rotatable bonds is 11. The summed E-state index contributed by atoms with van der Waals surface area (Å²) in [5, 5.41) is 16.0. The van der Waals surface area contributed by atoms with Gasteiger partial charge in [0.2, 0.25) is 5.91 Å². The molecule has 11 heteroatoms. The molecule has 0 radical (unpaired) electrons. The summed E-state index contributed by atoms with van der Waals surface area (Å²) in [5.41, 5.74) is -0.319. The summed E-state index contributed by atoms with van der Waals surface area (Å²) in [6, 6.07) is 5.19. The Morgan fingerprint density at radius 1 is 1.11 bits per heavy atom. The smallest absolute Gasteiger partial charge is 0.408 e. The Morgan fingerprint density at radius 2 is 1.75 bits per heavy atom. The highest BCUT2D eigenvalue weighted by Crippen LogP contribution is 2.24. The number of ether oxygens (including phenoxy) is 2. The number of nitrogens with one attached hydrogen (secondary N) is 2. The van der Waals surface area contributed by atoms with Crippen LogP contribution in [0.25, 0.3) is 0 Å². The van der Waals surface area contributed by atoms with Gasteiger partial charge in [0.05, 0.1) is 13.2 Å². The van der Waals surface area contributed by atoms with Crippen LogP contribution in [0.1, 0.15) is 79.4 Å². The predicted molar refractivity (Wildman–Crippen MR) is 135 cm³/mol. The van der Waals surface area contributed by atoms with Gasteiger partial charge < -0.3 is 25.2 Å². The van der Waals surface area contributed by atoms with E-state index in [-0.39, 0.29) is 23.0 Å². The number of aromatic carboxylic acids is 1. The Hall–Kier alpha value is -3.47. The zero-order chi connectivity index (χ0) is 27.0. The van der Waals surface area contributed by atoms with Crippen molar-refractivity contribution in [3.63, 3.8) is 0 Å². The number of Topliss-reactive ketones (excluding diaryl/α,β-unsaturated/α-hetero) is 1. The standard InChI is InChI=1S/C25H33N3O7S/c1-7-14(2)20(28-24(33)35-25(3,4)5)21(30)26-17(15-8-10-16(34-6)11-9-15)12-19(29)22-27-18(13-36-22)23(31)32/h8-11,13-14,17,20H,7,12H2,1-6H3,(H,26,30)(H,28,33)(H,31,32)/t14-,17+,20-/m0/s1. The molecule has 0 spiro atoms. The molecule has 1 heterocycles. The summed E-state index contributed by atoms with van der Waals surface area (Å²) >= 11 is 0.929. The fourth-order valence-electron chi connectivity index (χ4n) is 3.26. The molecule has 3 N–H and O–H groups in total. The second kappa shape index (κ2) is 12.5. The van der Waals surface area contributed by atoms with Crippen LogP contribution in [0.5, 0.6) is 5.75 Å². The molecule has 2 rings (SSSR count). The first-order valence-electron chi connectivity index (χ1n) is 11.5. The van der Waals surface area contributed by atoms with Gasteiger partial charge in [0.1, 0.15) is 17.4 Å². The van der Waals surface area contributed by atoms with Gasteiger partial charge in [0, 0.05) is 11.8 Å². The van der Waals surface area contributed by atoms with Crippen molar-refractivity contribution in [3.8, 4) is 5.75 Å². The molecular formula is C25H33N3O7S. The van der Waals surface area contributed by atoms with Crippen LogP contribution in [0.2, 0.25) is 0 Å². The van der Waals surface area contributed by atoms with Crippen LogP contribution in [0.15, 0.2) is 29.6 Å². The summed E-state index contributed by atoms with van der Waals surface area (Å²) in [6.07, 6.45) is -0.273. The molecule has 0 fully saturated rings. The predicted octanol–water partition coefficient (Wildman–Crippen LogP) is 4.22. The minimum Gasteiger partial charge on any atom is -0.497 e. The van der Waals surface area contributed by atoms with Crippen molar-refractivity contribution in [3.05, 3.63) is 45.9 Å². The first-order valence-corrected chi connectivity index (χ1v) is 12.4. The van der Waals surface area contributed by atoms with E-state index in [0.29, 0.717) is 17.7 Å². The Labute approximate surface area is 214 Å². The maximum Gasteiger partial charge on any atom is 0.408 e. The lowest BCUT2D eigenvalue weighted by atomic mass is 9.96. The SMILES string of the molecule is CC[C@H](C)[C@H](NC(=O)OC(C)(C)C)C(=O)N[C@H](CC(=O)c1nc(C(=O)O)cs1)c1ccc(OC)cc1. The second-order valence-corrected chi connectivity index (χ2v) is 10.2. The normalized spacial score (nSPS) is 13.7. The summed E-state index contributed by atoms with van der Waals surface area (Å²) in [5.74, 6) is -1.75. The number of hydrogen-bond acceptors (Lipinski definition) is 8. The Kier molecular flexibility index (Phi) is 9.97. The van der Waals surface area contributed by atoms with E-state index >= 15 is 0 Å². The molecule has 2 aromatic rings. The van der Waals surface area contributed by atoms with Gasteiger partial charge in [0.15, 0.2) is 16.5 Å². The number of nitrogens with zero attached hydrogens (tertiary/aromatic N) is 1. The third-order valence-electron chi connectivity index (χ3n) is 5.35. The fraction of sp³-hybridized carbons (Fsp3) is 0.480. The molecule has 36 heavy (non-hydrogen) atoms. The van der Waals surface area contributed by atoms with Crippen LogP contribution in [0.4, 0.5) is 4.79 Å². The molecule has 2 amide bonds. The van der Waals surface area contributed by atoms with E-state index < -0.39 is 41.4 Å². The molecule has 0 saturated heterocycles. The Morgan fingerprint density at radius 3 is 2.25 bits per heavy atom. The summed E-state index contributed by atoms with van der Waals surface area (Å²) in [7, 11) is 1.53. The summed E-state index contributed by atoms with van der Waals surface area (Å²) < 4.78 is 10.5. The number of aromatic nitrogens is 1. The van der Waals surface area contributed by atoms with Gasteiger partial charge in [-0.3, -0.25) is 9.59 Å². The number of alkyl carbamates (subject to hydrolysis) is 1. The van der Waals surface area contributed by atoms with Crippen LogP contribution in [-0.4, -0.2) is 52.6 Å². The minimum absolute atomic E-state index is 0.0329. The third kappa shape index (κ3) is 8.33. The lowest BCUT2D eigenvalue weighted by Gasteiger charge is -2.28. The van der Waals surface area contributed by atoms with Gasteiger partial charge >= 0.3 is 12.1 Å². The number of carboxylic acids is 1. The fourth-order valence-corrected chi connectivity index (χ4v) is 4.00. The summed E-state index contributed by atoms with van der Waals surface area (Å²) in [6.45, 7) is 8.91. The van der Waals surface area contributed by atoms with Crippen LogP contribution < -0.4 is 15.4 Å². The number of benzene rings is 1. The van der Waals surface area contributed by atoms with Gasteiger partial charge in [-0.2, -0.15) is 0 Å². The van der Waals surface area contributed by atoms with E-state index in [1.807, 2.05) is 13.8 Å². The van der Waals surface area contributed by atoms with Crippen LogP contribution in [0.3, 0.4) is 0 Å². The molecule has 0 unspecified atom stereocenters. The second-order valence-electron chi connectivity index (χ2n) is 9.31. The van der Waals surface area contributed by atoms with Crippen LogP contribution >= 0.6 is 11.3 Å². The lowest BCUT2D eigenvalue weighted by Crippen LogP contribution is -2.52. The number of ketones is 1. The number of thiazole rings is 1. The zero-order valence-corrected chi connectivity index (χ0v) is 22.1. The van der Waals surface area contributed by atoms with E-state index in [1.54, 1.807) is 45.0 Å². The highest BCUT2D eigenvalue weighted by Gasteiger charge is 2.31. The number of carbonyl (C=O) groups is 4. The molecule has 0 bridgehead atoms. The highest BCUT2D eigenvalue weighted by atomic mass is 32.1. The molecular weight excluding hydrogens is 486 g/mol. The van der Waals surface area contributed by atoms with E-state index in [0.717, 1.165) is 11.3 Å². The summed E-state index contributed by atoms with van der Waals surface area (Å²) in [4.78, 5) is 53.7. The Balaban J connectivity index is 2.30. The van der Waals surface area contributed by atoms with Crippen molar-refractivity contribution in [2.45, 2.75) is 65.1 Å². The van der Waals surface area contributed by atoms with Crippen LogP contribution in [-0.2, 0) is 9.53 Å². The average molecular weight is 520 g/mol. The molecule has 1 aromatic heterocycles. The molecule has 0 aliphatic carbocycles. The van der Waals surface area contributed by atoms with Crippen molar-refractivity contribution >= 4 is 35.1 Å². The monoisotopic (exact) mass is 519 g/mol. The average Bonchev–Trinajstić information content (AvgIpc) is 3.31. The van der Waals surface area contributed by atoms with E-state index in [2.05, 4.69) is 15.6 Å². The van der Waals surface area contributed by atoms with Crippen molar-refractivity contribution in [2.75, 3.05) is 7.11 Å². The maximum atomic E-state index is 13.4. The molecule has 0 aliphatic rings. The van der Waals surface area contributed by atoms with E-state index in [9.17, 15) is 19.2 Å². The van der Waals surface area contributed by atoms with Crippen molar-refractivity contribution < 1.29 is 33.8 Å². The largest absolute Gasteiger partial charge is 0.497 e. The minimum atomic E-state index is -1.23. The van der Waals surface area contributed by atoms with Gasteiger partial charge in [-0.25, -0.2) is 14.6 Å². The lowest BCUT2D eigenvalue weighted by molar-refractivity contribution is -0.125. The quantitative estimate of drug-likeness (QED) is 0.374. The van der Waals surface area contributed by atoms with E-state index in [4.69, 9.17) is 14.6 Å².